The van der Waals surface area contributed by atoms with Crippen LogP contribution in [0.1, 0.15) is 19.8 Å². The van der Waals surface area contributed by atoms with E-state index in [4.69, 9.17) is 34.3 Å². The first-order chi connectivity index (χ1) is 17.3. The number of rotatable bonds is 14. The average molecular weight is 590 g/mol. The first-order valence-electron chi connectivity index (χ1n) is 10.8. The van der Waals surface area contributed by atoms with E-state index in [-0.39, 0.29) is 25.7 Å². The minimum Gasteiger partial charge on any atom is -0.386 e. The van der Waals surface area contributed by atoms with Crippen LogP contribution in [0.2, 0.25) is 0 Å². The Bertz CT molecular complexity index is 1080. The molecule has 37 heavy (non-hydrogen) atoms. The second-order valence-corrected chi connectivity index (χ2v) is 12.4. The third-order valence-corrected chi connectivity index (χ3v) is 9.21. The fourth-order valence-corrected chi connectivity index (χ4v) is 7.01. The van der Waals surface area contributed by atoms with E-state index in [0.29, 0.717) is 12.3 Å². The second kappa shape index (κ2) is 12.3. The standard InChI is InChI=1S/C17H29N4O13P3/c1-3-5-29-10-30-12-6-14(21-7-11(4-2)15-16(18)19-9-20-17(15)21)32-13(12)8-31-36(25,26)34-37(27,28)33-35(22,23)24/h3,7,9,12-15,17H,1,4-6,8,10H2,2H3,(H,25,26)(H,27,28)(H2,18,19,20)(H2,22,23,24)/t12?,13-,14-,15?,17?/m1/s1. The summed E-state index contributed by atoms with van der Waals surface area (Å²) in [5.41, 5.74) is 7.07. The van der Waals surface area contributed by atoms with Gasteiger partial charge in [-0.1, -0.05) is 13.0 Å². The van der Waals surface area contributed by atoms with Crippen molar-refractivity contribution in [3.63, 3.8) is 0 Å². The monoisotopic (exact) mass is 590 g/mol. The molecule has 1 saturated heterocycles. The Kier molecular flexibility index (Phi) is 10.0. The van der Waals surface area contributed by atoms with Crippen LogP contribution in [-0.2, 0) is 41.1 Å². The predicted octanol–water partition coefficient (Wildman–Crippen LogP) is 0.941. The molecule has 0 spiro atoms. The summed E-state index contributed by atoms with van der Waals surface area (Å²) in [7, 11) is -16.5. The Morgan fingerprint density at radius 2 is 1.97 bits per heavy atom. The zero-order valence-corrected chi connectivity index (χ0v) is 22.3. The van der Waals surface area contributed by atoms with Crippen LogP contribution < -0.4 is 5.73 Å². The maximum absolute atomic E-state index is 12.2. The lowest BCUT2D eigenvalue weighted by Gasteiger charge is -2.32. The number of hydrogen-bond donors (Lipinski definition) is 5. The maximum Gasteiger partial charge on any atom is 0.490 e. The first-order valence-corrected chi connectivity index (χ1v) is 15.3. The van der Waals surface area contributed by atoms with Crippen molar-refractivity contribution < 1.29 is 60.6 Å². The lowest BCUT2D eigenvalue weighted by molar-refractivity contribution is -0.116. The van der Waals surface area contributed by atoms with Gasteiger partial charge in [-0.05, 0) is 12.0 Å². The van der Waals surface area contributed by atoms with E-state index in [1.165, 1.54) is 12.4 Å². The van der Waals surface area contributed by atoms with E-state index < -0.39 is 54.7 Å². The SMILES string of the molecule is C=CCOCOC1C[C@H](N2C=C(CC)C3C(N)=NC=NC32)O[C@@H]1COP(=O)(O)OP(=O)(O)OP(=O)(O)O. The van der Waals surface area contributed by atoms with Crippen molar-refractivity contribution in [3.8, 4) is 0 Å². The molecule has 0 aromatic carbocycles. The lowest BCUT2D eigenvalue weighted by atomic mass is 9.96. The number of phosphoric ester groups is 1. The number of nitrogens with two attached hydrogens (primary N) is 1. The molecule has 0 aromatic heterocycles. The molecular formula is C17H29N4O13P3. The minimum absolute atomic E-state index is 0.168. The van der Waals surface area contributed by atoms with Crippen molar-refractivity contribution >= 4 is 35.6 Å². The molecule has 0 aliphatic carbocycles. The van der Waals surface area contributed by atoms with Crippen LogP contribution in [0.15, 0.2) is 34.4 Å². The molecule has 3 rings (SSSR count). The smallest absolute Gasteiger partial charge is 0.386 e. The highest BCUT2D eigenvalue weighted by Crippen LogP contribution is 2.66. The van der Waals surface area contributed by atoms with Crippen molar-refractivity contribution in [2.24, 2.45) is 21.6 Å². The molecule has 210 valence electrons. The van der Waals surface area contributed by atoms with Crippen LogP contribution >= 0.6 is 23.5 Å². The summed E-state index contributed by atoms with van der Waals surface area (Å²) >= 11 is 0. The molecule has 5 unspecified atom stereocenters. The molecule has 20 heteroatoms. The number of nitrogens with zero attached hydrogens (tertiary/aromatic N) is 3. The van der Waals surface area contributed by atoms with Crippen molar-refractivity contribution in [2.45, 2.75) is 44.4 Å². The molecule has 0 aromatic rings. The zero-order valence-electron chi connectivity index (χ0n) is 19.6. The first kappa shape index (κ1) is 30.3. The van der Waals surface area contributed by atoms with Gasteiger partial charge in [-0.3, -0.25) is 4.52 Å². The van der Waals surface area contributed by atoms with Crippen molar-refractivity contribution in [1.82, 2.24) is 4.90 Å². The third kappa shape index (κ3) is 8.35. The molecule has 3 aliphatic heterocycles. The summed E-state index contributed by atoms with van der Waals surface area (Å²) in [6.07, 6.45) is 2.85. The molecule has 0 radical (unpaired) electrons. The topological polar surface area (TPSA) is 241 Å². The van der Waals surface area contributed by atoms with Gasteiger partial charge in [-0.2, -0.15) is 8.62 Å². The average Bonchev–Trinajstić information content (AvgIpc) is 3.34. The molecule has 6 N–H and O–H groups in total. The Hall–Kier alpha value is -1.29. The van der Waals surface area contributed by atoms with E-state index in [1.807, 2.05) is 18.0 Å². The summed E-state index contributed by atoms with van der Waals surface area (Å²) in [4.78, 5) is 46.8. The van der Waals surface area contributed by atoms with Crippen LogP contribution in [0.4, 0.5) is 0 Å². The molecule has 1 fully saturated rings. The number of aliphatic imine (C=N–C) groups is 2. The molecular weight excluding hydrogens is 561 g/mol. The molecule has 3 heterocycles. The summed E-state index contributed by atoms with van der Waals surface area (Å²) < 4.78 is 63.7. The van der Waals surface area contributed by atoms with E-state index in [0.717, 1.165) is 5.57 Å². The highest BCUT2D eigenvalue weighted by Gasteiger charge is 2.48. The molecule has 3 aliphatic rings. The van der Waals surface area contributed by atoms with Crippen LogP contribution in [-0.4, -0.2) is 81.3 Å². The van der Waals surface area contributed by atoms with Gasteiger partial charge in [0.15, 0.2) is 0 Å². The van der Waals surface area contributed by atoms with Gasteiger partial charge in [0.05, 0.1) is 25.2 Å². The quantitative estimate of drug-likeness (QED) is 0.0818. The number of hydrogen-bond acceptors (Lipinski definition) is 13. The molecule has 0 bridgehead atoms. The minimum atomic E-state index is -5.66. The Labute approximate surface area is 212 Å². The van der Waals surface area contributed by atoms with Crippen LogP contribution in [0.5, 0.6) is 0 Å². The zero-order chi connectivity index (χ0) is 27.4. The Balaban J connectivity index is 1.70. The van der Waals surface area contributed by atoms with E-state index >= 15 is 0 Å². The summed E-state index contributed by atoms with van der Waals surface area (Å²) in [5.74, 6) is 0.159. The normalized spacial score (nSPS) is 30.8. The highest BCUT2D eigenvalue weighted by atomic mass is 31.3. The highest BCUT2D eigenvalue weighted by molar-refractivity contribution is 7.66. The van der Waals surface area contributed by atoms with E-state index in [9.17, 15) is 23.5 Å². The largest absolute Gasteiger partial charge is 0.490 e. The van der Waals surface area contributed by atoms with Crippen LogP contribution in [0.3, 0.4) is 0 Å². The van der Waals surface area contributed by atoms with Gasteiger partial charge in [0, 0.05) is 12.6 Å². The molecule has 0 amide bonds. The van der Waals surface area contributed by atoms with Crippen LogP contribution in [0, 0.1) is 5.92 Å². The van der Waals surface area contributed by atoms with Crippen LogP contribution in [0.25, 0.3) is 0 Å². The van der Waals surface area contributed by atoms with Gasteiger partial charge in [-0.25, -0.2) is 23.7 Å². The van der Waals surface area contributed by atoms with E-state index in [1.54, 1.807) is 0 Å². The van der Waals surface area contributed by atoms with Crippen molar-refractivity contribution in [1.29, 1.82) is 0 Å². The maximum atomic E-state index is 12.2. The van der Waals surface area contributed by atoms with Gasteiger partial charge >= 0.3 is 23.5 Å². The number of amidine groups is 1. The van der Waals surface area contributed by atoms with Gasteiger partial charge in [-0.15, -0.1) is 6.58 Å². The van der Waals surface area contributed by atoms with Gasteiger partial charge in [0.1, 0.15) is 37.5 Å². The van der Waals surface area contributed by atoms with Crippen molar-refractivity contribution in [3.05, 3.63) is 24.4 Å². The fraction of sp³-hybridized carbons (Fsp3) is 0.647. The van der Waals surface area contributed by atoms with E-state index in [2.05, 4.69) is 25.2 Å². The predicted molar refractivity (Wildman–Crippen MR) is 127 cm³/mol. The summed E-state index contributed by atoms with van der Waals surface area (Å²) in [5, 5.41) is 0. The Morgan fingerprint density at radius 1 is 1.24 bits per heavy atom. The Morgan fingerprint density at radius 3 is 2.62 bits per heavy atom. The third-order valence-electron chi connectivity index (χ3n) is 5.40. The van der Waals surface area contributed by atoms with Gasteiger partial charge < -0.3 is 44.4 Å². The van der Waals surface area contributed by atoms with Gasteiger partial charge in [0.25, 0.3) is 0 Å². The molecule has 7 atom stereocenters. The van der Waals surface area contributed by atoms with Crippen molar-refractivity contribution in [2.75, 3.05) is 20.0 Å². The summed E-state index contributed by atoms with van der Waals surface area (Å²) in [6, 6.07) is 0. The number of ether oxygens (including phenoxy) is 3. The second-order valence-electron chi connectivity index (χ2n) is 7.95. The number of phosphoric acid groups is 3. The van der Waals surface area contributed by atoms with Gasteiger partial charge in [0.2, 0.25) is 0 Å². The number of fused-ring (bicyclic) bond motifs is 1. The molecule has 0 saturated carbocycles. The fourth-order valence-electron chi connectivity index (χ4n) is 3.98. The lowest BCUT2D eigenvalue weighted by Crippen LogP contribution is -2.44. The summed E-state index contributed by atoms with van der Waals surface area (Å²) in [6.45, 7) is 4.85. The molecule has 17 nitrogen and oxygen atoms in total.